The molecule has 2 rings (SSSR count). The molecule has 1 N–H and O–H groups in total. The van der Waals surface area contributed by atoms with Crippen molar-refractivity contribution >= 4 is 17.6 Å². The van der Waals surface area contributed by atoms with Crippen LogP contribution in [0.3, 0.4) is 0 Å². The lowest BCUT2D eigenvalue weighted by Gasteiger charge is -2.12. The number of hydrogen-bond donors (Lipinski definition) is 1. The highest BCUT2D eigenvalue weighted by Crippen LogP contribution is 2.29. The second-order valence-corrected chi connectivity index (χ2v) is 5.77. The van der Waals surface area contributed by atoms with Crippen LogP contribution in [0.4, 0.5) is 14.5 Å². The van der Waals surface area contributed by atoms with E-state index in [1.807, 2.05) is 6.92 Å². The number of alkyl halides is 2. The number of methoxy groups -OCH3 is 1. The molecule has 0 fully saturated rings. The summed E-state index contributed by atoms with van der Waals surface area (Å²) in [6.07, 6.45) is 1.72. The summed E-state index contributed by atoms with van der Waals surface area (Å²) in [5, 5.41) is 2.65. The van der Waals surface area contributed by atoms with Crippen LogP contribution >= 0.6 is 0 Å². The lowest BCUT2D eigenvalue weighted by molar-refractivity contribution is -0.0512. The summed E-state index contributed by atoms with van der Waals surface area (Å²) < 4.78 is 39.2. The number of halogens is 2. The molecule has 2 aromatic rings. The SMILES string of the molecule is CCCCOC(=O)c1ccc(NC(=O)c2ccc(OC(F)F)c(OC)c2)cc1. The monoisotopic (exact) mass is 393 g/mol. The number of carbonyl (C=O) groups is 2. The van der Waals surface area contributed by atoms with Crippen molar-refractivity contribution in [3.8, 4) is 11.5 Å². The highest BCUT2D eigenvalue weighted by molar-refractivity contribution is 6.04. The summed E-state index contributed by atoms with van der Waals surface area (Å²) in [4.78, 5) is 24.2. The van der Waals surface area contributed by atoms with Gasteiger partial charge in [-0.1, -0.05) is 13.3 Å². The van der Waals surface area contributed by atoms with Crippen LogP contribution in [0.15, 0.2) is 42.5 Å². The molecule has 1 amide bonds. The van der Waals surface area contributed by atoms with E-state index in [0.717, 1.165) is 12.8 Å². The molecule has 2 aromatic carbocycles. The maximum absolute atomic E-state index is 12.4. The van der Waals surface area contributed by atoms with E-state index in [2.05, 4.69) is 10.1 Å². The van der Waals surface area contributed by atoms with Gasteiger partial charge in [0, 0.05) is 11.3 Å². The standard InChI is InChI=1S/C20H21F2NO5/c1-3-4-11-27-19(25)13-5-8-15(9-6-13)23-18(24)14-7-10-16(28-20(21)22)17(12-14)26-2/h5-10,12,20H,3-4,11H2,1-2H3,(H,23,24). The van der Waals surface area contributed by atoms with Gasteiger partial charge in [-0.25, -0.2) is 4.79 Å². The van der Waals surface area contributed by atoms with Crippen molar-refractivity contribution in [2.24, 2.45) is 0 Å². The van der Waals surface area contributed by atoms with E-state index in [-0.39, 0.29) is 17.1 Å². The summed E-state index contributed by atoms with van der Waals surface area (Å²) in [5.74, 6) is -1.05. The second kappa shape index (κ2) is 10.2. The molecule has 0 spiro atoms. The normalized spacial score (nSPS) is 10.5. The first-order chi connectivity index (χ1) is 13.4. The first-order valence-electron chi connectivity index (χ1n) is 8.66. The van der Waals surface area contributed by atoms with Gasteiger partial charge in [-0.15, -0.1) is 0 Å². The molecule has 0 saturated carbocycles. The van der Waals surface area contributed by atoms with Crippen molar-refractivity contribution in [2.75, 3.05) is 19.0 Å². The molecule has 0 saturated heterocycles. The van der Waals surface area contributed by atoms with Crippen LogP contribution in [0.25, 0.3) is 0 Å². The Morgan fingerprint density at radius 1 is 1.04 bits per heavy atom. The Kier molecular flexibility index (Phi) is 7.74. The average Bonchev–Trinajstić information content (AvgIpc) is 2.68. The smallest absolute Gasteiger partial charge is 0.387 e. The van der Waals surface area contributed by atoms with Crippen molar-refractivity contribution < 1.29 is 32.6 Å². The van der Waals surface area contributed by atoms with Crippen LogP contribution in [-0.4, -0.2) is 32.2 Å². The topological polar surface area (TPSA) is 73.9 Å². The van der Waals surface area contributed by atoms with Crippen LogP contribution in [0.5, 0.6) is 11.5 Å². The number of anilines is 1. The van der Waals surface area contributed by atoms with Gasteiger partial charge in [-0.2, -0.15) is 8.78 Å². The number of esters is 1. The summed E-state index contributed by atoms with van der Waals surface area (Å²) in [6.45, 7) is -0.637. The predicted octanol–water partition coefficient (Wildman–Crippen LogP) is 4.51. The number of hydrogen-bond acceptors (Lipinski definition) is 5. The molecule has 0 aliphatic carbocycles. The number of carbonyl (C=O) groups excluding carboxylic acids is 2. The Labute approximate surface area is 161 Å². The molecule has 0 unspecified atom stereocenters. The molecule has 0 heterocycles. The lowest BCUT2D eigenvalue weighted by Crippen LogP contribution is -2.13. The van der Waals surface area contributed by atoms with Gasteiger partial charge in [0.2, 0.25) is 0 Å². The molecule has 0 bridgehead atoms. The zero-order valence-electron chi connectivity index (χ0n) is 15.5. The molecular formula is C20H21F2NO5. The van der Waals surface area contributed by atoms with Gasteiger partial charge in [0.05, 0.1) is 19.3 Å². The van der Waals surface area contributed by atoms with E-state index in [4.69, 9.17) is 9.47 Å². The van der Waals surface area contributed by atoms with Gasteiger partial charge < -0.3 is 19.5 Å². The molecule has 8 heteroatoms. The number of rotatable bonds is 9. The van der Waals surface area contributed by atoms with Crippen molar-refractivity contribution in [3.63, 3.8) is 0 Å². The molecule has 0 atom stereocenters. The highest BCUT2D eigenvalue weighted by Gasteiger charge is 2.15. The Bertz CT molecular complexity index is 809. The maximum atomic E-state index is 12.4. The van der Waals surface area contributed by atoms with Gasteiger partial charge in [-0.05, 0) is 48.9 Å². The molecule has 0 radical (unpaired) electrons. The van der Waals surface area contributed by atoms with E-state index in [1.54, 1.807) is 24.3 Å². The summed E-state index contributed by atoms with van der Waals surface area (Å²) in [5.41, 5.74) is 1.03. The summed E-state index contributed by atoms with van der Waals surface area (Å²) in [7, 11) is 1.29. The number of nitrogens with one attached hydrogen (secondary N) is 1. The van der Waals surface area contributed by atoms with Crippen molar-refractivity contribution in [1.82, 2.24) is 0 Å². The molecule has 150 valence electrons. The van der Waals surface area contributed by atoms with E-state index >= 15 is 0 Å². The van der Waals surface area contributed by atoms with Gasteiger partial charge in [0.25, 0.3) is 5.91 Å². The Hall–Kier alpha value is -3.16. The van der Waals surface area contributed by atoms with E-state index in [0.29, 0.717) is 17.9 Å². The van der Waals surface area contributed by atoms with E-state index in [1.165, 1.54) is 25.3 Å². The number of benzene rings is 2. The number of unbranched alkanes of at least 4 members (excludes halogenated alkanes) is 1. The van der Waals surface area contributed by atoms with Crippen molar-refractivity contribution in [1.29, 1.82) is 0 Å². The van der Waals surface area contributed by atoms with Gasteiger partial charge in [-0.3, -0.25) is 4.79 Å². The minimum absolute atomic E-state index is 0.0122. The minimum atomic E-state index is -3.00. The van der Waals surface area contributed by atoms with Gasteiger partial charge >= 0.3 is 12.6 Å². The molecule has 0 aliphatic rings. The van der Waals surface area contributed by atoms with Gasteiger partial charge in [0.15, 0.2) is 11.5 Å². The fourth-order valence-electron chi connectivity index (χ4n) is 2.29. The average molecular weight is 393 g/mol. The zero-order chi connectivity index (χ0) is 20.5. The van der Waals surface area contributed by atoms with Crippen LogP contribution in [0.1, 0.15) is 40.5 Å². The predicted molar refractivity (Wildman–Crippen MR) is 99.2 cm³/mol. The summed E-state index contributed by atoms with van der Waals surface area (Å²) in [6, 6.07) is 10.1. The largest absolute Gasteiger partial charge is 0.493 e. The quantitative estimate of drug-likeness (QED) is 0.501. The number of amides is 1. The molecular weight excluding hydrogens is 372 g/mol. The second-order valence-electron chi connectivity index (χ2n) is 5.77. The third-order valence-electron chi connectivity index (χ3n) is 3.75. The summed E-state index contributed by atoms with van der Waals surface area (Å²) >= 11 is 0. The highest BCUT2D eigenvalue weighted by atomic mass is 19.3. The Morgan fingerprint density at radius 3 is 2.32 bits per heavy atom. The van der Waals surface area contributed by atoms with Gasteiger partial charge in [0.1, 0.15) is 0 Å². The third kappa shape index (κ3) is 5.94. The zero-order valence-corrected chi connectivity index (χ0v) is 15.5. The molecule has 0 aliphatic heterocycles. The lowest BCUT2D eigenvalue weighted by atomic mass is 10.1. The van der Waals surface area contributed by atoms with E-state index < -0.39 is 18.5 Å². The number of ether oxygens (including phenoxy) is 3. The van der Waals surface area contributed by atoms with Crippen LogP contribution in [0.2, 0.25) is 0 Å². The minimum Gasteiger partial charge on any atom is -0.493 e. The fraction of sp³-hybridized carbons (Fsp3) is 0.300. The molecule has 28 heavy (non-hydrogen) atoms. The first kappa shape index (κ1) is 21.1. The Morgan fingerprint density at radius 2 is 1.71 bits per heavy atom. The molecule has 0 aromatic heterocycles. The van der Waals surface area contributed by atoms with Crippen molar-refractivity contribution in [3.05, 3.63) is 53.6 Å². The fourth-order valence-corrected chi connectivity index (χ4v) is 2.29. The van der Waals surface area contributed by atoms with Crippen LogP contribution in [-0.2, 0) is 4.74 Å². The van der Waals surface area contributed by atoms with E-state index in [9.17, 15) is 18.4 Å². The van der Waals surface area contributed by atoms with Crippen LogP contribution < -0.4 is 14.8 Å². The van der Waals surface area contributed by atoms with Crippen molar-refractivity contribution in [2.45, 2.75) is 26.4 Å². The third-order valence-corrected chi connectivity index (χ3v) is 3.75. The molecule has 6 nitrogen and oxygen atoms in total. The Balaban J connectivity index is 2.03. The first-order valence-corrected chi connectivity index (χ1v) is 8.66. The maximum Gasteiger partial charge on any atom is 0.387 e. The van der Waals surface area contributed by atoms with Crippen LogP contribution in [0, 0.1) is 0 Å².